The molecule has 0 unspecified atom stereocenters. The molecule has 35 heavy (non-hydrogen) atoms. The van der Waals surface area contributed by atoms with E-state index in [9.17, 15) is 4.79 Å². The molecular formula is C31H29N3O. The van der Waals surface area contributed by atoms with Gasteiger partial charge >= 0.3 is 0 Å². The molecule has 2 aliphatic rings. The van der Waals surface area contributed by atoms with Gasteiger partial charge < -0.3 is 0 Å². The van der Waals surface area contributed by atoms with Crippen LogP contribution in [0.4, 0.5) is 11.4 Å². The largest absolute Gasteiger partial charge is 0.293 e. The lowest BCUT2D eigenvalue weighted by Gasteiger charge is -2.34. The van der Waals surface area contributed by atoms with E-state index in [0.717, 1.165) is 54.7 Å². The highest BCUT2D eigenvalue weighted by Crippen LogP contribution is 2.32. The maximum atomic E-state index is 13.6. The highest BCUT2D eigenvalue weighted by molar-refractivity contribution is 6.54. The normalized spacial score (nSPS) is 17.9. The Morgan fingerprint density at radius 2 is 1.49 bits per heavy atom. The van der Waals surface area contributed by atoms with E-state index in [1.54, 1.807) is 0 Å². The molecule has 0 atom stereocenters. The van der Waals surface area contributed by atoms with Crippen molar-refractivity contribution in [3.05, 3.63) is 108 Å². The fourth-order valence-corrected chi connectivity index (χ4v) is 5.36. The van der Waals surface area contributed by atoms with E-state index in [4.69, 9.17) is 4.99 Å². The van der Waals surface area contributed by atoms with Crippen molar-refractivity contribution in [1.29, 1.82) is 0 Å². The van der Waals surface area contributed by atoms with E-state index in [1.165, 1.54) is 10.9 Å². The summed E-state index contributed by atoms with van der Waals surface area (Å²) in [6.07, 6.45) is 3.47. The van der Waals surface area contributed by atoms with Gasteiger partial charge in [0.25, 0.3) is 5.91 Å². The average Bonchev–Trinajstić information content (AvgIpc) is 3.16. The van der Waals surface area contributed by atoms with E-state index < -0.39 is 0 Å². The number of hydrogen-bond donors (Lipinski definition) is 0. The molecule has 0 saturated carbocycles. The molecule has 1 fully saturated rings. The van der Waals surface area contributed by atoms with Gasteiger partial charge in [0.1, 0.15) is 5.71 Å². The van der Waals surface area contributed by atoms with E-state index in [1.807, 2.05) is 47.4 Å². The van der Waals surface area contributed by atoms with E-state index in [2.05, 4.69) is 59.5 Å². The van der Waals surface area contributed by atoms with Gasteiger partial charge in [0.05, 0.1) is 18.0 Å². The first-order valence-electron chi connectivity index (χ1n) is 12.5. The molecule has 0 radical (unpaired) electrons. The number of carbonyl (C=O) groups is 1. The summed E-state index contributed by atoms with van der Waals surface area (Å²) in [6.45, 7) is 2.64. The van der Waals surface area contributed by atoms with Gasteiger partial charge in [-0.25, -0.2) is 4.99 Å². The Morgan fingerprint density at radius 3 is 2.31 bits per heavy atom. The third kappa shape index (κ3) is 4.50. The molecule has 4 heteroatoms. The molecular weight excluding hydrogens is 430 g/mol. The molecule has 4 aromatic carbocycles. The fourth-order valence-electron chi connectivity index (χ4n) is 5.36. The summed E-state index contributed by atoms with van der Waals surface area (Å²) in [5.41, 5.74) is 4.65. The summed E-state index contributed by atoms with van der Waals surface area (Å²) >= 11 is 0. The quantitative estimate of drug-likeness (QED) is 0.355. The van der Waals surface area contributed by atoms with Gasteiger partial charge in [0, 0.05) is 18.7 Å². The van der Waals surface area contributed by atoms with Crippen molar-refractivity contribution in [1.82, 2.24) is 4.90 Å². The average molecular weight is 460 g/mol. The van der Waals surface area contributed by atoms with Crippen LogP contribution in [0.3, 0.4) is 0 Å². The molecule has 0 aliphatic carbocycles. The minimum absolute atomic E-state index is 0.00855. The van der Waals surface area contributed by atoms with Gasteiger partial charge in [-0.1, -0.05) is 78.9 Å². The molecule has 0 aromatic heterocycles. The van der Waals surface area contributed by atoms with Crippen LogP contribution in [0.25, 0.3) is 10.8 Å². The number of benzene rings is 4. The number of piperidine rings is 1. The van der Waals surface area contributed by atoms with Crippen LogP contribution in [-0.4, -0.2) is 36.3 Å². The molecule has 1 saturated heterocycles. The predicted octanol–water partition coefficient (Wildman–Crippen LogP) is 6.22. The Hall–Kier alpha value is -3.76. The monoisotopic (exact) mass is 459 g/mol. The number of carbonyl (C=O) groups excluding carboxylic acids is 1. The number of nitrogens with zero attached hydrogens (tertiary/aromatic N) is 3. The molecule has 0 N–H and O–H groups in total. The number of para-hydroxylation sites is 1. The number of rotatable bonds is 5. The van der Waals surface area contributed by atoms with Crippen LogP contribution in [0.2, 0.25) is 0 Å². The zero-order chi connectivity index (χ0) is 23.6. The van der Waals surface area contributed by atoms with Gasteiger partial charge in [0.15, 0.2) is 0 Å². The minimum Gasteiger partial charge on any atom is -0.293 e. The molecule has 2 aliphatic heterocycles. The van der Waals surface area contributed by atoms with Crippen LogP contribution >= 0.6 is 0 Å². The van der Waals surface area contributed by atoms with Crippen molar-refractivity contribution >= 4 is 33.8 Å². The number of likely N-dealkylation sites (tertiary alicyclic amines) is 1. The smallest absolute Gasteiger partial charge is 0.278 e. The number of amides is 1. The predicted molar refractivity (Wildman–Crippen MR) is 143 cm³/mol. The maximum Gasteiger partial charge on any atom is 0.278 e. The van der Waals surface area contributed by atoms with Gasteiger partial charge in [-0.05, 0) is 59.7 Å². The van der Waals surface area contributed by atoms with Crippen LogP contribution < -0.4 is 4.90 Å². The third-order valence-electron chi connectivity index (χ3n) is 7.29. The molecule has 0 bridgehead atoms. The summed E-state index contributed by atoms with van der Waals surface area (Å²) in [5.74, 6) is 0.700. The van der Waals surface area contributed by atoms with Crippen LogP contribution in [0, 0.1) is 5.92 Å². The van der Waals surface area contributed by atoms with E-state index in [0.29, 0.717) is 18.3 Å². The Kier molecular flexibility index (Phi) is 5.89. The highest BCUT2D eigenvalue weighted by Gasteiger charge is 2.35. The standard InChI is InChI=1S/C31H29N3O/c35-31-30(32-27-15-14-25-10-4-5-11-26(25)21-27)28-12-6-7-13-29(28)34(31)22-33-18-16-24(17-19-33)20-23-8-2-1-3-9-23/h1-15,21,24H,16-20,22H2. The molecule has 174 valence electrons. The van der Waals surface area contributed by atoms with Gasteiger partial charge in [-0.3, -0.25) is 14.6 Å². The lowest BCUT2D eigenvalue weighted by molar-refractivity contribution is -0.112. The SMILES string of the molecule is O=C1C(=Nc2ccc3ccccc3c2)c2ccccc2N1CN1CCC(Cc2ccccc2)CC1. The van der Waals surface area contributed by atoms with Crippen molar-refractivity contribution in [2.24, 2.45) is 10.9 Å². The first-order valence-corrected chi connectivity index (χ1v) is 12.5. The van der Waals surface area contributed by atoms with Crippen molar-refractivity contribution < 1.29 is 4.79 Å². The third-order valence-corrected chi connectivity index (χ3v) is 7.29. The fraction of sp³-hybridized carbons (Fsp3) is 0.226. The first-order chi connectivity index (χ1) is 17.2. The Bertz CT molecular complexity index is 1390. The second-order valence-corrected chi connectivity index (χ2v) is 9.63. The topological polar surface area (TPSA) is 35.9 Å². The van der Waals surface area contributed by atoms with Gasteiger partial charge in [0.2, 0.25) is 0 Å². The van der Waals surface area contributed by atoms with Crippen molar-refractivity contribution in [3.63, 3.8) is 0 Å². The van der Waals surface area contributed by atoms with Crippen LogP contribution in [0.1, 0.15) is 24.0 Å². The lowest BCUT2D eigenvalue weighted by Crippen LogP contribution is -2.44. The minimum atomic E-state index is -0.00855. The van der Waals surface area contributed by atoms with Gasteiger partial charge in [-0.15, -0.1) is 0 Å². The van der Waals surface area contributed by atoms with Crippen LogP contribution in [0.5, 0.6) is 0 Å². The molecule has 4 aromatic rings. The Balaban J connectivity index is 1.19. The highest BCUT2D eigenvalue weighted by atomic mass is 16.2. The summed E-state index contributed by atoms with van der Waals surface area (Å²) in [7, 11) is 0. The summed E-state index contributed by atoms with van der Waals surface area (Å²) in [5, 5.41) is 2.30. The maximum absolute atomic E-state index is 13.6. The van der Waals surface area contributed by atoms with Crippen molar-refractivity contribution in [3.8, 4) is 0 Å². The van der Waals surface area contributed by atoms with Crippen LogP contribution in [-0.2, 0) is 11.2 Å². The number of aliphatic imine (C=N–C) groups is 1. The van der Waals surface area contributed by atoms with Crippen LogP contribution in [0.15, 0.2) is 102 Å². The molecule has 0 spiro atoms. The number of anilines is 1. The summed E-state index contributed by atoms with van der Waals surface area (Å²) in [4.78, 5) is 22.7. The van der Waals surface area contributed by atoms with Crippen molar-refractivity contribution in [2.45, 2.75) is 19.3 Å². The second kappa shape index (κ2) is 9.47. The molecule has 6 rings (SSSR count). The van der Waals surface area contributed by atoms with Crippen molar-refractivity contribution in [2.75, 3.05) is 24.7 Å². The Labute approximate surface area is 206 Å². The van der Waals surface area contributed by atoms with Gasteiger partial charge in [-0.2, -0.15) is 0 Å². The Morgan fingerprint density at radius 1 is 0.771 bits per heavy atom. The lowest BCUT2D eigenvalue weighted by atomic mass is 9.90. The first kappa shape index (κ1) is 21.8. The number of hydrogen-bond acceptors (Lipinski definition) is 3. The second-order valence-electron chi connectivity index (χ2n) is 9.63. The molecule has 1 amide bonds. The summed E-state index contributed by atoms with van der Waals surface area (Å²) in [6, 6.07) is 33.2. The molecule has 4 nitrogen and oxygen atoms in total. The molecule has 2 heterocycles. The summed E-state index contributed by atoms with van der Waals surface area (Å²) < 4.78 is 0. The number of fused-ring (bicyclic) bond motifs is 2. The van der Waals surface area contributed by atoms with E-state index >= 15 is 0 Å². The zero-order valence-electron chi connectivity index (χ0n) is 19.8. The zero-order valence-corrected chi connectivity index (χ0v) is 19.8. The van der Waals surface area contributed by atoms with E-state index in [-0.39, 0.29) is 5.91 Å².